The number of hydrogen-bond acceptors (Lipinski definition) is 3. The van der Waals surface area contributed by atoms with Crippen molar-refractivity contribution in [3.05, 3.63) is 47.8 Å². The van der Waals surface area contributed by atoms with Gasteiger partial charge in [0.2, 0.25) is 0 Å². The molecule has 1 heterocycles. The van der Waals surface area contributed by atoms with Gasteiger partial charge in [-0.15, -0.1) is 0 Å². The van der Waals surface area contributed by atoms with E-state index in [9.17, 15) is 4.79 Å². The zero-order valence-corrected chi connectivity index (χ0v) is 10.1. The molecule has 0 atom stereocenters. The minimum absolute atomic E-state index is 0.0876. The highest BCUT2D eigenvalue weighted by Crippen LogP contribution is 2.16. The summed E-state index contributed by atoms with van der Waals surface area (Å²) in [5.74, 6) is -0.174. The lowest BCUT2D eigenvalue weighted by Gasteiger charge is -2.03. The van der Waals surface area contributed by atoms with Gasteiger partial charge in [0.05, 0.1) is 6.42 Å². The van der Waals surface area contributed by atoms with E-state index in [1.54, 1.807) is 12.3 Å². The Balaban J connectivity index is 2.24. The zero-order valence-electron chi connectivity index (χ0n) is 10.1. The topological polar surface area (TPSA) is 63.1 Å². The molecular weight excluding hydrogens is 228 g/mol. The number of carboxylic acid groups (broad SMARTS) is 1. The van der Waals surface area contributed by atoms with E-state index in [4.69, 9.17) is 5.11 Å². The molecular formula is C14H14N2O2. The van der Waals surface area contributed by atoms with Gasteiger partial charge in [0.15, 0.2) is 5.82 Å². The molecule has 1 aromatic carbocycles. The van der Waals surface area contributed by atoms with E-state index in [0.29, 0.717) is 12.2 Å². The maximum absolute atomic E-state index is 10.5. The average Bonchev–Trinajstić information content (AvgIpc) is 2.37. The average molecular weight is 242 g/mol. The first-order valence-corrected chi connectivity index (χ1v) is 5.76. The molecule has 0 saturated carbocycles. The summed E-state index contributed by atoms with van der Waals surface area (Å²) in [6.45, 7) is 2.01. The molecule has 0 fully saturated rings. The van der Waals surface area contributed by atoms with Crippen molar-refractivity contribution >= 4 is 5.97 Å². The number of rotatable bonds is 4. The van der Waals surface area contributed by atoms with Crippen molar-refractivity contribution in [2.45, 2.75) is 19.8 Å². The first-order valence-electron chi connectivity index (χ1n) is 5.76. The summed E-state index contributed by atoms with van der Waals surface area (Å²) >= 11 is 0. The predicted octanol–water partition coefficient (Wildman–Crippen LogP) is 2.47. The van der Waals surface area contributed by atoms with Crippen LogP contribution in [0.4, 0.5) is 0 Å². The highest BCUT2D eigenvalue weighted by atomic mass is 16.4. The lowest BCUT2D eigenvalue weighted by molar-refractivity contribution is -0.136. The van der Waals surface area contributed by atoms with Gasteiger partial charge in [0, 0.05) is 23.9 Å². The van der Waals surface area contributed by atoms with Crippen molar-refractivity contribution in [1.82, 2.24) is 9.97 Å². The van der Waals surface area contributed by atoms with Crippen LogP contribution in [0, 0.1) is 6.92 Å². The standard InChI is InChI=1S/C14H14N2O2/c1-10-3-2-4-11(9-10)14-15-8-7-12(16-14)5-6-13(17)18/h2-4,7-9H,5-6H2,1H3,(H,17,18). The fraction of sp³-hybridized carbons (Fsp3) is 0.214. The van der Waals surface area contributed by atoms with Gasteiger partial charge < -0.3 is 5.11 Å². The Morgan fingerprint density at radius 3 is 2.89 bits per heavy atom. The Bertz CT molecular complexity index is 567. The minimum atomic E-state index is -0.814. The largest absolute Gasteiger partial charge is 0.481 e. The maximum atomic E-state index is 10.5. The van der Waals surface area contributed by atoms with Gasteiger partial charge in [0.1, 0.15) is 0 Å². The Hall–Kier alpha value is -2.23. The van der Waals surface area contributed by atoms with Gasteiger partial charge >= 0.3 is 5.97 Å². The van der Waals surface area contributed by atoms with Crippen LogP contribution in [-0.2, 0) is 11.2 Å². The second kappa shape index (κ2) is 5.40. The molecule has 1 N–H and O–H groups in total. The third-order valence-corrected chi connectivity index (χ3v) is 2.58. The molecule has 0 aliphatic rings. The van der Waals surface area contributed by atoms with Crippen LogP contribution in [0.5, 0.6) is 0 Å². The third-order valence-electron chi connectivity index (χ3n) is 2.58. The third kappa shape index (κ3) is 3.13. The van der Waals surface area contributed by atoms with Crippen LogP contribution >= 0.6 is 0 Å². The first kappa shape index (κ1) is 12.2. The maximum Gasteiger partial charge on any atom is 0.303 e. The number of aryl methyl sites for hydroxylation is 2. The van der Waals surface area contributed by atoms with Crippen LogP contribution in [0.15, 0.2) is 36.5 Å². The summed E-state index contributed by atoms with van der Waals surface area (Å²) in [5, 5.41) is 8.65. The summed E-state index contributed by atoms with van der Waals surface area (Å²) in [6.07, 6.45) is 2.18. The summed E-state index contributed by atoms with van der Waals surface area (Å²) in [7, 11) is 0. The Morgan fingerprint density at radius 2 is 2.17 bits per heavy atom. The monoisotopic (exact) mass is 242 g/mol. The zero-order chi connectivity index (χ0) is 13.0. The molecule has 2 aromatic rings. The molecule has 0 radical (unpaired) electrons. The van der Waals surface area contributed by atoms with E-state index in [1.807, 2.05) is 31.2 Å². The fourth-order valence-electron chi connectivity index (χ4n) is 1.69. The fourth-order valence-corrected chi connectivity index (χ4v) is 1.69. The second-order valence-electron chi connectivity index (χ2n) is 4.13. The molecule has 18 heavy (non-hydrogen) atoms. The summed E-state index contributed by atoms with van der Waals surface area (Å²) in [6, 6.07) is 9.68. The molecule has 92 valence electrons. The van der Waals surface area contributed by atoms with E-state index in [1.165, 1.54) is 0 Å². The normalized spacial score (nSPS) is 10.3. The van der Waals surface area contributed by atoms with Gasteiger partial charge in [-0.1, -0.05) is 23.8 Å². The van der Waals surface area contributed by atoms with Crippen molar-refractivity contribution in [2.24, 2.45) is 0 Å². The SMILES string of the molecule is Cc1cccc(-c2nccc(CCC(=O)O)n2)c1. The molecule has 0 bridgehead atoms. The first-order chi connectivity index (χ1) is 8.65. The van der Waals surface area contributed by atoms with E-state index in [0.717, 1.165) is 16.8 Å². The highest BCUT2D eigenvalue weighted by Gasteiger charge is 2.04. The van der Waals surface area contributed by atoms with Crippen molar-refractivity contribution in [3.63, 3.8) is 0 Å². The number of benzene rings is 1. The van der Waals surface area contributed by atoms with E-state index >= 15 is 0 Å². The number of carbonyl (C=O) groups is 1. The van der Waals surface area contributed by atoms with Crippen molar-refractivity contribution in [2.75, 3.05) is 0 Å². The predicted molar refractivity (Wildman–Crippen MR) is 68.2 cm³/mol. The van der Waals surface area contributed by atoms with Gasteiger partial charge in [0.25, 0.3) is 0 Å². The van der Waals surface area contributed by atoms with Crippen LogP contribution in [0.1, 0.15) is 17.7 Å². The second-order valence-corrected chi connectivity index (χ2v) is 4.13. The van der Waals surface area contributed by atoms with Crippen LogP contribution in [0.25, 0.3) is 11.4 Å². The molecule has 0 unspecified atom stereocenters. The van der Waals surface area contributed by atoms with E-state index in [-0.39, 0.29) is 6.42 Å². The number of hydrogen-bond donors (Lipinski definition) is 1. The molecule has 0 spiro atoms. The lowest BCUT2D eigenvalue weighted by Crippen LogP contribution is -2.00. The van der Waals surface area contributed by atoms with E-state index < -0.39 is 5.97 Å². The number of aromatic nitrogens is 2. The Morgan fingerprint density at radius 1 is 1.33 bits per heavy atom. The highest BCUT2D eigenvalue weighted by molar-refractivity contribution is 5.67. The van der Waals surface area contributed by atoms with Crippen molar-refractivity contribution in [3.8, 4) is 11.4 Å². The lowest BCUT2D eigenvalue weighted by atomic mass is 10.1. The molecule has 2 rings (SSSR count). The molecule has 4 heteroatoms. The molecule has 4 nitrogen and oxygen atoms in total. The smallest absolute Gasteiger partial charge is 0.303 e. The number of nitrogens with zero attached hydrogens (tertiary/aromatic N) is 2. The summed E-state index contributed by atoms with van der Waals surface area (Å²) in [4.78, 5) is 19.1. The molecule has 1 aromatic heterocycles. The van der Waals surface area contributed by atoms with Crippen molar-refractivity contribution in [1.29, 1.82) is 0 Å². The van der Waals surface area contributed by atoms with E-state index in [2.05, 4.69) is 9.97 Å². The van der Waals surface area contributed by atoms with Gasteiger partial charge in [-0.3, -0.25) is 4.79 Å². The summed E-state index contributed by atoms with van der Waals surface area (Å²) in [5.41, 5.74) is 2.85. The molecule has 0 aliphatic carbocycles. The molecule has 0 saturated heterocycles. The molecule has 0 aliphatic heterocycles. The van der Waals surface area contributed by atoms with Gasteiger partial charge in [-0.25, -0.2) is 9.97 Å². The van der Waals surface area contributed by atoms with Gasteiger partial charge in [-0.2, -0.15) is 0 Å². The number of carboxylic acids is 1. The van der Waals surface area contributed by atoms with Crippen LogP contribution < -0.4 is 0 Å². The van der Waals surface area contributed by atoms with Crippen molar-refractivity contribution < 1.29 is 9.90 Å². The molecule has 0 amide bonds. The quantitative estimate of drug-likeness (QED) is 0.894. The minimum Gasteiger partial charge on any atom is -0.481 e. The van der Waals surface area contributed by atoms with Crippen LogP contribution in [-0.4, -0.2) is 21.0 Å². The van der Waals surface area contributed by atoms with Crippen LogP contribution in [0.3, 0.4) is 0 Å². The Kier molecular flexibility index (Phi) is 3.67. The number of aliphatic carboxylic acids is 1. The van der Waals surface area contributed by atoms with Crippen LogP contribution in [0.2, 0.25) is 0 Å². The van der Waals surface area contributed by atoms with Gasteiger partial charge in [-0.05, 0) is 19.1 Å². The Labute approximate surface area is 105 Å². The summed E-state index contributed by atoms with van der Waals surface area (Å²) < 4.78 is 0.